The van der Waals surface area contributed by atoms with E-state index in [0.717, 1.165) is 25.5 Å². The maximum absolute atomic E-state index is 10.3. The van der Waals surface area contributed by atoms with Crippen LogP contribution in [0, 0.1) is 0 Å². The fraction of sp³-hybridized carbons (Fsp3) is 0.667. The minimum absolute atomic E-state index is 0.254. The van der Waals surface area contributed by atoms with Gasteiger partial charge in [0, 0.05) is 13.1 Å². The first-order chi connectivity index (χ1) is 9.60. The van der Waals surface area contributed by atoms with E-state index in [2.05, 4.69) is 22.5 Å². The molecule has 114 valence electrons. The molecule has 0 aromatic carbocycles. The fourth-order valence-electron chi connectivity index (χ4n) is 1.82. The van der Waals surface area contributed by atoms with Gasteiger partial charge in [-0.25, -0.2) is 4.99 Å². The molecule has 1 heterocycles. The van der Waals surface area contributed by atoms with Gasteiger partial charge in [-0.2, -0.15) is 0 Å². The number of hydrogen-bond donors (Lipinski definition) is 3. The zero-order valence-electron chi connectivity index (χ0n) is 12.8. The zero-order chi connectivity index (χ0) is 14.8. The summed E-state index contributed by atoms with van der Waals surface area (Å²) >= 11 is 0. The molecule has 3 N–H and O–H groups in total. The second-order valence-electron chi connectivity index (χ2n) is 5.08. The summed E-state index contributed by atoms with van der Waals surface area (Å²) in [5, 5.41) is 16.8. The van der Waals surface area contributed by atoms with Crippen LogP contribution >= 0.6 is 0 Å². The standard InChI is InChI=1S/C15H27N3O2/c1-4-6-7-10-17-14(16-5-2)18-12-15(3,19)13-9-8-11-20-13/h8-9,11,19H,4-7,10,12H2,1-3H3,(H2,16,17,18). The number of aliphatic hydroxyl groups is 1. The largest absolute Gasteiger partial charge is 0.466 e. The van der Waals surface area contributed by atoms with Crippen molar-refractivity contribution in [3.8, 4) is 0 Å². The molecule has 1 rings (SSSR count). The first-order valence-electron chi connectivity index (χ1n) is 7.38. The Balaban J connectivity index is 2.53. The van der Waals surface area contributed by atoms with E-state index in [1.807, 2.05) is 6.92 Å². The lowest BCUT2D eigenvalue weighted by Crippen LogP contribution is -2.39. The van der Waals surface area contributed by atoms with E-state index < -0.39 is 5.60 Å². The number of hydrogen-bond acceptors (Lipinski definition) is 3. The summed E-state index contributed by atoms with van der Waals surface area (Å²) in [5.41, 5.74) is -1.09. The Labute approximate surface area is 121 Å². The molecule has 0 bridgehead atoms. The number of nitrogens with zero attached hydrogens (tertiary/aromatic N) is 1. The Morgan fingerprint density at radius 3 is 2.75 bits per heavy atom. The molecule has 1 atom stereocenters. The van der Waals surface area contributed by atoms with Crippen molar-refractivity contribution >= 4 is 5.96 Å². The molecular formula is C15H27N3O2. The molecule has 0 aliphatic rings. The molecule has 5 nitrogen and oxygen atoms in total. The van der Waals surface area contributed by atoms with Crippen LogP contribution in [-0.2, 0) is 5.60 Å². The molecule has 20 heavy (non-hydrogen) atoms. The number of furan rings is 1. The first kappa shape index (κ1) is 16.6. The molecule has 1 aromatic rings. The van der Waals surface area contributed by atoms with Crippen molar-refractivity contribution in [3.05, 3.63) is 24.2 Å². The van der Waals surface area contributed by atoms with Gasteiger partial charge in [0.1, 0.15) is 11.4 Å². The van der Waals surface area contributed by atoms with E-state index in [-0.39, 0.29) is 6.54 Å². The summed E-state index contributed by atoms with van der Waals surface area (Å²) in [6, 6.07) is 3.53. The Hall–Kier alpha value is -1.49. The maximum atomic E-state index is 10.3. The number of rotatable bonds is 8. The lowest BCUT2D eigenvalue weighted by molar-refractivity contribution is 0.0437. The van der Waals surface area contributed by atoms with Crippen molar-refractivity contribution in [1.82, 2.24) is 10.6 Å². The van der Waals surface area contributed by atoms with Gasteiger partial charge in [0.25, 0.3) is 0 Å². The highest BCUT2D eigenvalue weighted by molar-refractivity contribution is 5.79. The van der Waals surface area contributed by atoms with Crippen LogP contribution in [-0.4, -0.2) is 30.7 Å². The van der Waals surface area contributed by atoms with Crippen molar-refractivity contribution in [3.63, 3.8) is 0 Å². The van der Waals surface area contributed by atoms with Crippen molar-refractivity contribution in [2.45, 2.75) is 45.6 Å². The van der Waals surface area contributed by atoms with Gasteiger partial charge in [-0.05, 0) is 32.4 Å². The molecule has 0 aliphatic carbocycles. The predicted octanol–water partition coefficient (Wildman–Crippen LogP) is 2.23. The Kier molecular flexibility index (Phi) is 7.15. The van der Waals surface area contributed by atoms with Gasteiger partial charge in [0.05, 0.1) is 12.8 Å². The average molecular weight is 281 g/mol. The van der Waals surface area contributed by atoms with Gasteiger partial charge in [0.15, 0.2) is 5.96 Å². The topological polar surface area (TPSA) is 69.8 Å². The Morgan fingerprint density at radius 1 is 1.35 bits per heavy atom. The van der Waals surface area contributed by atoms with Crippen molar-refractivity contribution < 1.29 is 9.52 Å². The first-order valence-corrected chi connectivity index (χ1v) is 7.38. The molecular weight excluding hydrogens is 254 g/mol. The number of aliphatic imine (C=N–C) groups is 1. The highest BCUT2D eigenvalue weighted by Crippen LogP contribution is 2.20. The average Bonchev–Trinajstić information content (AvgIpc) is 2.95. The predicted molar refractivity (Wildman–Crippen MR) is 81.8 cm³/mol. The van der Waals surface area contributed by atoms with Gasteiger partial charge in [-0.1, -0.05) is 19.8 Å². The number of nitrogens with one attached hydrogen (secondary N) is 2. The van der Waals surface area contributed by atoms with E-state index in [0.29, 0.717) is 5.76 Å². The summed E-state index contributed by atoms with van der Waals surface area (Å²) in [5.74, 6) is 1.26. The van der Waals surface area contributed by atoms with E-state index in [9.17, 15) is 5.11 Å². The third kappa shape index (κ3) is 5.65. The molecule has 1 aromatic heterocycles. The Bertz CT molecular complexity index is 386. The normalized spacial score (nSPS) is 14.9. The van der Waals surface area contributed by atoms with E-state index in [4.69, 9.17) is 4.42 Å². The molecule has 0 fully saturated rings. The van der Waals surface area contributed by atoms with Crippen LogP contribution in [0.5, 0.6) is 0 Å². The summed E-state index contributed by atoms with van der Waals surface area (Å²) in [4.78, 5) is 4.42. The molecule has 5 heteroatoms. The van der Waals surface area contributed by atoms with Gasteiger partial charge in [-0.15, -0.1) is 0 Å². The zero-order valence-corrected chi connectivity index (χ0v) is 12.8. The summed E-state index contributed by atoms with van der Waals surface area (Å²) < 4.78 is 5.24. The van der Waals surface area contributed by atoms with Crippen LogP contribution in [0.15, 0.2) is 27.8 Å². The molecule has 0 amide bonds. The fourth-order valence-corrected chi connectivity index (χ4v) is 1.82. The summed E-state index contributed by atoms with van der Waals surface area (Å²) in [6.07, 6.45) is 5.08. The SMILES string of the molecule is CCCCCNC(=NCC(C)(O)c1ccco1)NCC. The molecule has 0 saturated heterocycles. The molecule has 0 saturated carbocycles. The van der Waals surface area contributed by atoms with Crippen molar-refractivity contribution in [2.24, 2.45) is 4.99 Å². The van der Waals surface area contributed by atoms with Gasteiger partial charge >= 0.3 is 0 Å². The van der Waals surface area contributed by atoms with Crippen LogP contribution in [0.4, 0.5) is 0 Å². The molecule has 0 spiro atoms. The van der Waals surface area contributed by atoms with Crippen molar-refractivity contribution in [2.75, 3.05) is 19.6 Å². The van der Waals surface area contributed by atoms with E-state index in [1.165, 1.54) is 12.8 Å². The molecule has 0 aliphatic heterocycles. The van der Waals surface area contributed by atoms with E-state index in [1.54, 1.807) is 25.3 Å². The minimum atomic E-state index is -1.09. The lowest BCUT2D eigenvalue weighted by Gasteiger charge is -2.19. The highest BCUT2D eigenvalue weighted by atomic mass is 16.4. The van der Waals surface area contributed by atoms with E-state index >= 15 is 0 Å². The van der Waals surface area contributed by atoms with Crippen molar-refractivity contribution in [1.29, 1.82) is 0 Å². The van der Waals surface area contributed by atoms with Crippen LogP contribution in [0.1, 0.15) is 45.8 Å². The van der Waals surface area contributed by atoms with Crippen LogP contribution in [0.25, 0.3) is 0 Å². The quantitative estimate of drug-likeness (QED) is 0.388. The van der Waals surface area contributed by atoms with Gasteiger partial charge in [0.2, 0.25) is 0 Å². The summed E-state index contributed by atoms with van der Waals surface area (Å²) in [6.45, 7) is 7.85. The maximum Gasteiger partial charge on any atom is 0.191 e. The Morgan fingerprint density at radius 2 is 2.15 bits per heavy atom. The second kappa shape index (κ2) is 8.64. The third-order valence-electron chi connectivity index (χ3n) is 3.01. The van der Waals surface area contributed by atoms with Gasteiger partial charge in [-0.3, -0.25) is 0 Å². The molecule has 1 unspecified atom stereocenters. The van der Waals surface area contributed by atoms with Gasteiger partial charge < -0.3 is 20.2 Å². The smallest absolute Gasteiger partial charge is 0.191 e. The number of unbranched alkanes of at least 4 members (excludes halogenated alkanes) is 2. The lowest BCUT2D eigenvalue weighted by atomic mass is 10.0. The monoisotopic (exact) mass is 281 g/mol. The molecule has 0 radical (unpaired) electrons. The van der Waals surface area contributed by atoms with Crippen LogP contribution in [0.3, 0.4) is 0 Å². The summed E-state index contributed by atoms with van der Waals surface area (Å²) in [7, 11) is 0. The second-order valence-corrected chi connectivity index (χ2v) is 5.08. The minimum Gasteiger partial charge on any atom is -0.466 e. The highest BCUT2D eigenvalue weighted by Gasteiger charge is 2.25. The van der Waals surface area contributed by atoms with Crippen LogP contribution < -0.4 is 10.6 Å². The third-order valence-corrected chi connectivity index (χ3v) is 3.01. The number of guanidine groups is 1. The van der Waals surface area contributed by atoms with Crippen LogP contribution in [0.2, 0.25) is 0 Å².